The van der Waals surface area contributed by atoms with Crippen molar-refractivity contribution < 1.29 is 14.3 Å². The Bertz CT molecular complexity index is 887. The number of rotatable bonds is 6. The minimum atomic E-state index is -0.277. The number of amides is 1. The molecular formula is C20H17NO3S. The second-order valence-corrected chi connectivity index (χ2v) is 6.73. The summed E-state index contributed by atoms with van der Waals surface area (Å²) in [6, 6.07) is 19.8. The van der Waals surface area contributed by atoms with Crippen LogP contribution in [0.3, 0.4) is 0 Å². The summed E-state index contributed by atoms with van der Waals surface area (Å²) in [4.78, 5) is 26.4. The SMILES string of the molecule is Cc1ccc(C(=O)COc2ccccc2C(=O)Nc2ccccc2)s1. The van der Waals surface area contributed by atoms with E-state index >= 15 is 0 Å². The highest BCUT2D eigenvalue weighted by atomic mass is 32.1. The third-order valence-electron chi connectivity index (χ3n) is 3.54. The van der Waals surface area contributed by atoms with Gasteiger partial charge in [0.15, 0.2) is 6.61 Å². The van der Waals surface area contributed by atoms with Crippen molar-refractivity contribution in [3.05, 3.63) is 82.0 Å². The van der Waals surface area contributed by atoms with Crippen LogP contribution in [0.15, 0.2) is 66.7 Å². The van der Waals surface area contributed by atoms with Crippen molar-refractivity contribution in [2.45, 2.75) is 6.92 Å². The molecule has 126 valence electrons. The van der Waals surface area contributed by atoms with Crippen LogP contribution in [0.25, 0.3) is 0 Å². The summed E-state index contributed by atoms with van der Waals surface area (Å²) in [6.45, 7) is 1.85. The van der Waals surface area contributed by atoms with Crippen molar-refractivity contribution in [3.63, 3.8) is 0 Å². The lowest BCUT2D eigenvalue weighted by Crippen LogP contribution is -2.16. The monoisotopic (exact) mass is 351 g/mol. The van der Waals surface area contributed by atoms with Crippen LogP contribution in [0.4, 0.5) is 5.69 Å². The van der Waals surface area contributed by atoms with E-state index in [9.17, 15) is 9.59 Å². The van der Waals surface area contributed by atoms with Gasteiger partial charge in [0, 0.05) is 10.6 Å². The van der Waals surface area contributed by atoms with Crippen molar-refractivity contribution in [1.82, 2.24) is 0 Å². The fourth-order valence-corrected chi connectivity index (χ4v) is 3.09. The smallest absolute Gasteiger partial charge is 0.259 e. The van der Waals surface area contributed by atoms with E-state index in [-0.39, 0.29) is 18.3 Å². The fourth-order valence-electron chi connectivity index (χ4n) is 2.30. The standard InChI is InChI=1S/C20H17NO3S/c1-14-11-12-19(25-14)17(22)13-24-18-10-6-5-9-16(18)20(23)21-15-7-3-2-4-8-15/h2-12H,13H2,1H3,(H,21,23). The molecule has 25 heavy (non-hydrogen) atoms. The van der Waals surface area contributed by atoms with E-state index in [0.29, 0.717) is 21.9 Å². The number of carbonyl (C=O) groups is 2. The molecule has 1 heterocycles. The van der Waals surface area contributed by atoms with E-state index in [1.807, 2.05) is 43.3 Å². The van der Waals surface area contributed by atoms with Crippen LogP contribution in [0, 0.1) is 6.92 Å². The van der Waals surface area contributed by atoms with Crippen molar-refractivity contribution in [3.8, 4) is 5.75 Å². The molecule has 1 aromatic heterocycles. The zero-order valence-electron chi connectivity index (χ0n) is 13.7. The normalized spacial score (nSPS) is 10.3. The van der Waals surface area contributed by atoms with Gasteiger partial charge in [0.25, 0.3) is 5.91 Å². The fraction of sp³-hybridized carbons (Fsp3) is 0.100. The molecule has 0 spiro atoms. The van der Waals surface area contributed by atoms with E-state index in [1.165, 1.54) is 11.3 Å². The van der Waals surface area contributed by atoms with Crippen molar-refractivity contribution in [1.29, 1.82) is 0 Å². The zero-order chi connectivity index (χ0) is 17.6. The van der Waals surface area contributed by atoms with Crippen LogP contribution in [-0.4, -0.2) is 18.3 Å². The number of thiophene rings is 1. The Morgan fingerprint density at radius 3 is 2.40 bits per heavy atom. The lowest BCUT2D eigenvalue weighted by atomic mass is 10.2. The third-order valence-corrected chi connectivity index (χ3v) is 4.58. The average molecular weight is 351 g/mol. The largest absolute Gasteiger partial charge is 0.485 e. The lowest BCUT2D eigenvalue weighted by Gasteiger charge is -2.11. The lowest BCUT2D eigenvalue weighted by molar-refractivity contribution is 0.0918. The number of nitrogens with one attached hydrogen (secondary N) is 1. The van der Waals surface area contributed by atoms with Crippen LogP contribution < -0.4 is 10.1 Å². The third kappa shape index (κ3) is 4.33. The van der Waals surface area contributed by atoms with Crippen LogP contribution in [0.1, 0.15) is 24.9 Å². The van der Waals surface area contributed by atoms with E-state index in [4.69, 9.17) is 4.74 Å². The second kappa shape index (κ2) is 7.77. The maximum absolute atomic E-state index is 12.5. The van der Waals surface area contributed by atoms with Crippen molar-refractivity contribution in [2.24, 2.45) is 0 Å². The summed E-state index contributed by atoms with van der Waals surface area (Å²) >= 11 is 1.43. The highest BCUT2D eigenvalue weighted by Gasteiger charge is 2.15. The Balaban J connectivity index is 1.70. The van der Waals surface area contributed by atoms with Gasteiger partial charge in [-0.3, -0.25) is 9.59 Å². The Labute approximate surface area is 150 Å². The first-order chi connectivity index (χ1) is 12.1. The Morgan fingerprint density at radius 1 is 0.960 bits per heavy atom. The molecule has 0 aliphatic heterocycles. The molecule has 0 radical (unpaired) electrons. The van der Waals surface area contributed by atoms with Gasteiger partial charge in [-0.05, 0) is 43.3 Å². The first-order valence-corrected chi connectivity index (χ1v) is 8.63. The number of aryl methyl sites for hydroxylation is 1. The first kappa shape index (κ1) is 16.9. The zero-order valence-corrected chi connectivity index (χ0v) is 14.5. The predicted octanol–water partition coefficient (Wildman–Crippen LogP) is 4.57. The molecule has 3 aromatic rings. The summed E-state index contributed by atoms with van der Waals surface area (Å²) in [5, 5.41) is 2.82. The highest BCUT2D eigenvalue weighted by Crippen LogP contribution is 2.21. The minimum absolute atomic E-state index is 0.101. The van der Waals surface area contributed by atoms with Gasteiger partial charge in [0.1, 0.15) is 5.75 Å². The molecule has 1 N–H and O–H groups in total. The number of ether oxygens (including phenoxy) is 1. The van der Waals surface area contributed by atoms with Gasteiger partial charge in [-0.1, -0.05) is 30.3 Å². The molecule has 0 saturated carbocycles. The van der Waals surface area contributed by atoms with Crippen LogP contribution >= 0.6 is 11.3 Å². The highest BCUT2D eigenvalue weighted by molar-refractivity contribution is 7.14. The Hall–Kier alpha value is -2.92. The maximum atomic E-state index is 12.5. The van der Waals surface area contributed by atoms with Gasteiger partial charge in [-0.25, -0.2) is 0 Å². The maximum Gasteiger partial charge on any atom is 0.259 e. The summed E-state index contributed by atoms with van der Waals surface area (Å²) in [5.41, 5.74) is 1.09. The number of carbonyl (C=O) groups excluding carboxylic acids is 2. The molecule has 4 nitrogen and oxygen atoms in total. The van der Waals surface area contributed by atoms with E-state index in [1.54, 1.807) is 30.3 Å². The van der Waals surface area contributed by atoms with Gasteiger partial charge in [0.2, 0.25) is 5.78 Å². The van der Waals surface area contributed by atoms with Crippen LogP contribution in [-0.2, 0) is 0 Å². The predicted molar refractivity (Wildman–Crippen MR) is 99.7 cm³/mol. The number of hydrogen-bond acceptors (Lipinski definition) is 4. The number of para-hydroxylation sites is 2. The van der Waals surface area contributed by atoms with E-state index < -0.39 is 0 Å². The number of anilines is 1. The number of benzene rings is 2. The molecule has 0 saturated heterocycles. The molecule has 0 bridgehead atoms. The van der Waals surface area contributed by atoms with Crippen LogP contribution in [0.2, 0.25) is 0 Å². The van der Waals surface area contributed by atoms with Crippen molar-refractivity contribution >= 4 is 28.7 Å². The molecular weight excluding hydrogens is 334 g/mol. The molecule has 1 amide bonds. The van der Waals surface area contributed by atoms with Gasteiger partial charge in [-0.15, -0.1) is 11.3 Å². The molecule has 2 aromatic carbocycles. The Kier molecular flexibility index (Phi) is 5.26. The summed E-state index contributed by atoms with van der Waals surface area (Å²) in [5.74, 6) is 0.00940. The molecule has 3 rings (SSSR count). The van der Waals surface area contributed by atoms with Crippen LogP contribution in [0.5, 0.6) is 5.75 Å². The topological polar surface area (TPSA) is 55.4 Å². The van der Waals surface area contributed by atoms with Gasteiger partial charge in [-0.2, -0.15) is 0 Å². The second-order valence-electron chi connectivity index (χ2n) is 5.44. The Morgan fingerprint density at radius 2 is 1.68 bits per heavy atom. The van der Waals surface area contributed by atoms with Crippen molar-refractivity contribution in [2.75, 3.05) is 11.9 Å². The minimum Gasteiger partial charge on any atom is -0.485 e. The molecule has 0 fully saturated rings. The van der Waals surface area contributed by atoms with E-state index in [0.717, 1.165) is 4.88 Å². The number of hydrogen-bond donors (Lipinski definition) is 1. The summed E-state index contributed by atoms with van der Waals surface area (Å²) in [6.07, 6.45) is 0. The number of Topliss-reactive ketones (excluding diaryl/α,β-unsaturated/α-hetero) is 1. The van der Waals surface area contributed by atoms with Gasteiger partial charge < -0.3 is 10.1 Å². The summed E-state index contributed by atoms with van der Waals surface area (Å²) in [7, 11) is 0. The van der Waals surface area contributed by atoms with Gasteiger partial charge >= 0.3 is 0 Å². The molecule has 0 unspecified atom stereocenters. The number of ketones is 1. The van der Waals surface area contributed by atoms with Gasteiger partial charge in [0.05, 0.1) is 10.4 Å². The molecule has 5 heteroatoms. The quantitative estimate of drug-likeness (QED) is 0.662. The molecule has 0 aliphatic carbocycles. The summed E-state index contributed by atoms with van der Waals surface area (Å²) < 4.78 is 5.62. The van der Waals surface area contributed by atoms with E-state index in [2.05, 4.69) is 5.32 Å². The molecule has 0 aliphatic rings. The molecule has 0 atom stereocenters. The average Bonchev–Trinajstić information content (AvgIpc) is 3.07. The first-order valence-electron chi connectivity index (χ1n) is 7.81.